The number of sulfonamides is 1. The molecule has 3 atom stereocenters. The molecule has 0 aromatic heterocycles. The molecular formula is C27H36N2O4S. The van der Waals surface area contributed by atoms with Crippen molar-refractivity contribution < 1.29 is 18.0 Å². The minimum absolute atomic E-state index is 0.0504. The highest BCUT2D eigenvalue weighted by atomic mass is 32.2. The first-order chi connectivity index (χ1) is 16.1. The van der Waals surface area contributed by atoms with Gasteiger partial charge in [0.2, 0.25) is 21.8 Å². The molecule has 7 heteroatoms. The predicted octanol–water partition coefficient (Wildman–Crippen LogP) is 3.64. The fourth-order valence-corrected chi connectivity index (χ4v) is 10.8. The van der Waals surface area contributed by atoms with Crippen LogP contribution in [0.5, 0.6) is 0 Å². The number of imide groups is 1. The molecule has 0 unspecified atom stereocenters. The normalized spacial score (nSPS) is 34.4. The quantitative estimate of drug-likeness (QED) is 0.612. The topological polar surface area (TPSA) is 74.8 Å². The van der Waals surface area contributed by atoms with Crippen molar-refractivity contribution in [1.29, 1.82) is 0 Å². The highest BCUT2D eigenvalue weighted by Crippen LogP contribution is 2.67. The van der Waals surface area contributed by atoms with Crippen LogP contribution in [0.1, 0.15) is 76.3 Å². The van der Waals surface area contributed by atoms with Crippen LogP contribution >= 0.6 is 0 Å². The monoisotopic (exact) mass is 484 g/mol. The maximum absolute atomic E-state index is 13.9. The van der Waals surface area contributed by atoms with Crippen LogP contribution in [0.25, 0.3) is 0 Å². The second-order valence-corrected chi connectivity index (χ2v) is 14.1. The van der Waals surface area contributed by atoms with E-state index in [1.807, 2.05) is 0 Å². The van der Waals surface area contributed by atoms with Crippen molar-refractivity contribution in [3.05, 3.63) is 35.4 Å². The number of hydrogen-bond acceptors (Lipinski definition) is 4. The zero-order valence-electron chi connectivity index (χ0n) is 20.4. The highest BCUT2D eigenvalue weighted by molar-refractivity contribution is 7.89. The minimum Gasteiger partial charge on any atom is -0.279 e. The largest absolute Gasteiger partial charge is 0.279 e. The van der Waals surface area contributed by atoms with E-state index in [9.17, 15) is 18.0 Å². The molecule has 2 saturated heterocycles. The molecule has 0 N–H and O–H groups in total. The lowest BCUT2D eigenvalue weighted by Crippen LogP contribution is -2.56. The van der Waals surface area contributed by atoms with Gasteiger partial charge < -0.3 is 0 Å². The Morgan fingerprint density at radius 2 is 1.62 bits per heavy atom. The molecule has 5 aliphatic rings. The van der Waals surface area contributed by atoms with Crippen LogP contribution < -0.4 is 0 Å². The van der Waals surface area contributed by atoms with Crippen molar-refractivity contribution >= 4 is 21.8 Å². The molecule has 2 saturated carbocycles. The molecule has 34 heavy (non-hydrogen) atoms. The van der Waals surface area contributed by atoms with E-state index in [0.29, 0.717) is 19.0 Å². The lowest BCUT2D eigenvalue weighted by atomic mass is 9.68. The summed E-state index contributed by atoms with van der Waals surface area (Å²) in [5.74, 6) is 0.174. The summed E-state index contributed by atoms with van der Waals surface area (Å²) in [4.78, 5) is 26.8. The zero-order valence-corrected chi connectivity index (χ0v) is 21.2. The Hall–Kier alpha value is -1.73. The summed E-state index contributed by atoms with van der Waals surface area (Å²) in [5, 5.41) is 0. The van der Waals surface area contributed by atoms with Crippen LogP contribution in [-0.2, 0) is 31.4 Å². The summed E-state index contributed by atoms with van der Waals surface area (Å²) in [6, 6.07) is 8.37. The van der Waals surface area contributed by atoms with Crippen LogP contribution in [-0.4, -0.2) is 54.3 Å². The van der Waals surface area contributed by atoms with E-state index in [4.69, 9.17) is 0 Å². The number of likely N-dealkylation sites (tertiary alicyclic amines) is 1. The zero-order chi connectivity index (χ0) is 23.9. The second-order valence-electron chi connectivity index (χ2n) is 12.1. The van der Waals surface area contributed by atoms with Crippen LogP contribution in [0.3, 0.4) is 0 Å². The fourth-order valence-electron chi connectivity index (χ4n) is 8.57. The smallest absolute Gasteiger partial charge is 0.229 e. The Balaban J connectivity index is 1.25. The van der Waals surface area contributed by atoms with Gasteiger partial charge in [-0.3, -0.25) is 14.5 Å². The number of benzene rings is 1. The van der Waals surface area contributed by atoms with E-state index in [1.54, 1.807) is 4.31 Å². The van der Waals surface area contributed by atoms with Gasteiger partial charge in [-0.05, 0) is 72.8 Å². The van der Waals surface area contributed by atoms with E-state index in [2.05, 4.69) is 38.1 Å². The van der Waals surface area contributed by atoms with Gasteiger partial charge >= 0.3 is 0 Å². The molecule has 1 aromatic rings. The molecule has 2 aliphatic heterocycles. The van der Waals surface area contributed by atoms with Gasteiger partial charge in [0.1, 0.15) is 0 Å². The van der Waals surface area contributed by atoms with Gasteiger partial charge in [0.15, 0.2) is 0 Å². The Morgan fingerprint density at radius 1 is 0.941 bits per heavy atom. The highest BCUT2D eigenvalue weighted by Gasteiger charge is 2.68. The van der Waals surface area contributed by atoms with Crippen LogP contribution in [0.4, 0.5) is 0 Å². The van der Waals surface area contributed by atoms with E-state index < -0.39 is 15.4 Å². The number of carbonyl (C=O) groups is 2. The Kier molecular flexibility index (Phi) is 4.94. The molecular weight excluding hydrogens is 448 g/mol. The molecule has 6 rings (SSSR count). The summed E-state index contributed by atoms with van der Waals surface area (Å²) < 4.78 is 29.6. The first kappa shape index (κ1) is 22.7. The number of carbonyl (C=O) groups excluding carboxylic acids is 2. The SMILES string of the molecule is CC1(C)[C@@H]2CC[C@@]1(CS(=O)(=O)N1CCC3(CCc4ccccc43)CC1)[C@@H](N1C(=O)CCC1=O)C2. The molecule has 4 fully saturated rings. The standard InChI is InChI=1S/C27H36N2O4S/c1-25(2)20-10-12-27(25,22(17-20)29-23(30)7-8-24(29)31)18-34(32,33)28-15-13-26(14-16-28)11-9-19-5-3-4-6-21(19)26/h3-6,20,22H,7-18H2,1-2H3/t20-,22+,27-/m1/s1. The van der Waals surface area contributed by atoms with Crippen LogP contribution in [0.2, 0.25) is 0 Å². The lowest BCUT2D eigenvalue weighted by molar-refractivity contribution is -0.144. The Labute approximate surface area is 203 Å². The van der Waals surface area contributed by atoms with Gasteiger partial charge in [0.25, 0.3) is 0 Å². The summed E-state index contributed by atoms with van der Waals surface area (Å²) in [7, 11) is -3.52. The van der Waals surface area contributed by atoms with E-state index in [1.165, 1.54) is 16.0 Å². The number of aryl methyl sites for hydroxylation is 1. The molecule has 2 amide bonds. The van der Waals surface area contributed by atoms with Crippen molar-refractivity contribution in [3.8, 4) is 0 Å². The molecule has 2 heterocycles. The first-order valence-electron chi connectivity index (χ1n) is 13.0. The average Bonchev–Trinajstić information content (AvgIpc) is 3.46. The summed E-state index contributed by atoms with van der Waals surface area (Å²) in [6.07, 6.45) is 6.97. The third-order valence-corrected chi connectivity index (χ3v) is 12.8. The van der Waals surface area contributed by atoms with E-state index in [0.717, 1.165) is 44.9 Å². The van der Waals surface area contributed by atoms with Crippen LogP contribution in [0, 0.1) is 16.7 Å². The van der Waals surface area contributed by atoms with Crippen molar-refractivity contribution in [3.63, 3.8) is 0 Å². The van der Waals surface area contributed by atoms with Gasteiger partial charge in [-0.1, -0.05) is 38.1 Å². The van der Waals surface area contributed by atoms with E-state index in [-0.39, 0.29) is 47.3 Å². The summed E-state index contributed by atoms with van der Waals surface area (Å²) in [5.41, 5.74) is 2.19. The van der Waals surface area contributed by atoms with Crippen molar-refractivity contribution in [1.82, 2.24) is 9.21 Å². The molecule has 1 aromatic carbocycles. The van der Waals surface area contributed by atoms with Gasteiger partial charge in [-0.2, -0.15) is 0 Å². The van der Waals surface area contributed by atoms with E-state index >= 15 is 0 Å². The average molecular weight is 485 g/mol. The molecule has 2 bridgehead atoms. The molecule has 0 radical (unpaired) electrons. The number of rotatable bonds is 4. The van der Waals surface area contributed by atoms with Gasteiger partial charge in [0.05, 0.1) is 5.75 Å². The van der Waals surface area contributed by atoms with Gasteiger partial charge in [-0.25, -0.2) is 12.7 Å². The first-order valence-corrected chi connectivity index (χ1v) is 14.6. The fraction of sp³-hybridized carbons (Fsp3) is 0.704. The number of fused-ring (bicyclic) bond motifs is 4. The molecule has 3 aliphatic carbocycles. The number of nitrogens with zero attached hydrogens (tertiary/aromatic N) is 2. The molecule has 1 spiro atoms. The van der Waals surface area contributed by atoms with Crippen LogP contribution in [0.15, 0.2) is 24.3 Å². The molecule has 6 nitrogen and oxygen atoms in total. The van der Waals surface area contributed by atoms with Gasteiger partial charge in [0, 0.05) is 37.4 Å². The van der Waals surface area contributed by atoms with Crippen molar-refractivity contribution in [2.24, 2.45) is 16.7 Å². The van der Waals surface area contributed by atoms with Crippen molar-refractivity contribution in [2.75, 3.05) is 18.8 Å². The third-order valence-electron chi connectivity index (χ3n) is 10.8. The minimum atomic E-state index is -3.52. The van der Waals surface area contributed by atoms with Crippen molar-refractivity contribution in [2.45, 2.75) is 83.1 Å². The van der Waals surface area contributed by atoms with Gasteiger partial charge in [-0.15, -0.1) is 0 Å². The second kappa shape index (κ2) is 7.39. The summed E-state index contributed by atoms with van der Waals surface area (Å²) >= 11 is 0. The third kappa shape index (κ3) is 2.98. The number of amides is 2. The predicted molar refractivity (Wildman–Crippen MR) is 129 cm³/mol. The Morgan fingerprint density at radius 3 is 2.29 bits per heavy atom. The summed E-state index contributed by atoms with van der Waals surface area (Å²) in [6.45, 7) is 5.46. The maximum Gasteiger partial charge on any atom is 0.229 e. The molecule has 184 valence electrons. The Bertz CT molecular complexity index is 1130. The lowest BCUT2D eigenvalue weighted by Gasteiger charge is -2.46. The number of hydrogen-bond donors (Lipinski definition) is 0. The number of piperidine rings is 1. The maximum atomic E-state index is 13.9.